The Morgan fingerprint density at radius 3 is 3.05 bits per heavy atom. The zero-order valence-corrected chi connectivity index (χ0v) is 10.8. The van der Waals surface area contributed by atoms with Gasteiger partial charge >= 0.3 is 5.97 Å². The lowest BCUT2D eigenvalue weighted by Crippen LogP contribution is -2.32. The van der Waals surface area contributed by atoms with E-state index in [0.717, 1.165) is 0 Å². The van der Waals surface area contributed by atoms with E-state index in [9.17, 15) is 9.59 Å². The summed E-state index contributed by atoms with van der Waals surface area (Å²) in [6.45, 7) is 2.08. The molecular formula is C14H12N2O4. The van der Waals surface area contributed by atoms with E-state index in [4.69, 9.17) is 9.47 Å². The summed E-state index contributed by atoms with van der Waals surface area (Å²) in [5.74, 6) is 0.385. The second-order valence-corrected chi connectivity index (χ2v) is 4.21. The number of carbonyl (C=O) groups excluding carboxylic acids is 1. The van der Waals surface area contributed by atoms with Gasteiger partial charge < -0.3 is 9.47 Å². The van der Waals surface area contributed by atoms with E-state index in [0.29, 0.717) is 17.3 Å². The van der Waals surface area contributed by atoms with Crippen molar-refractivity contribution in [2.45, 2.75) is 13.5 Å². The summed E-state index contributed by atoms with van der Waals surface area (Å²) in [6, 6.07) is 7.12. The minimum atomic E-state index is -0.663. The number of carbonyl (C=O) groups is 1. The first-order valence-electron chi connectivity index (χ1n) is 6.22. The maximum absolute atomic E-state index is 12.5. The molecule has 1 aromatic carbocycles. The third-order valence-electron chi connectivity index (χ3n) is 2.99. The Morgan fingerprint density at radius 2 is 2.25 bits per heavy atom. The van der Waals surface area contributed by atoms with Gasteiger partial charge in [0, 0.05) is 6.20 Å². The van der Waals surface area contributed by atoms with Crippen molar-refractivity contribution < 1.29 is 14.3 Å². The third kappa shape index (κ3) is 1.85. The second-order valence-electron chi connectivity index (χ2n) is 4.21. The fraction of sp³-hybridized carbons (Fsp3) is 0.214. The number of rotatable bonds is 2. The molecule has 2 aromatic rings. The van der Waals surface area contributed by atoms with Crippen molar-refractivity contribution in [1.29, 1.82) is 0 Å². The molecule has 1 aromatic heterocycles. The molecule has 3 rings (SSSR count). The van der Waals surface area contributed by atoms with Gasteiger partial charge in [-0.25, -0.2) is 9.78 Å². The van der Waals surface area contributed by atoms with Crippen molar-refractivity contribution in [3.8, 4) is 11.4 Å². The zero-order chi connectivity index (χ0) is 14.1. The largest absolute Gasteiger partial charge is 0.483 e. The highest BCUT2D eigenvalue weighted by atomic mass is 16.5. The van der Waals surface area contributed by atoms with Gasteiger partial charge in [0.15, 0.2) is 5.82 Å². The molecule has 0 radical (unpaired) electrons. The Labute approximate surface area is 114 Å². The van der Waals surface area contributed by atoms with Crippen LogP contribution in [0.4, 0.5) is 0 Å². The van der Waals surface area contributed by atoms with Crippen molar-refractivity contribution >= 4 is 5.97 Å². The lowest BCUT2D eigenvalue weighted by atomic mass is 10.2. The molecule has 0 saturated heterocycles. The predicted octanol–water partition coefficient (Wildman–Crippen LogP) is 1.30. The summed E-state index contributed by atoms with van der Waals surface area (Å²) >= 11 is 0. The van der Waals surface area contributed by atoms with Crippen LogP contribution in [-0.4, -0.2) is 22.1 Å². The van der Waals surface area contributed by atoms with E-state index >= 15 is 0 Å². The Kier molecular flexibility index (Phi) is 2.98. The lowest BCUT2D eigenvalue weighted by molar-refractivity contribution is 0.0523. The molecule has 0 amide bonds. The van der Waals surface area contributed by atoms with Crippen molar-refractivity contribution in [2.75, 3.05) is 6.61 Å². The van der Waals surface area contributed by atoms with Crippen molar-refractivity contribution in [3.05, 3.63) is 52.2 Å². The van der Waals surface area contributed by atoms with Gasteiger partial charge in [0.1, 0.15) is 17.9 Å². The van der Waals surface area contributed by atoms with Crippen LogP contribution in [0.3, 0.4) is 0 Å². The monoisotopic (exact) mass is 272 g/mol. The Balaban J connectivity index is 2.20. The molecule has 2 heterocycles. The number of benzene rings is 1. The molecule has 0 fully saturated rings. The smallest absolute Gasteiger partial charge is 0.345 e. The maximum atomic E-state index is 12.5. The Hall–Kier alpha value is -2.63. The SMILES string of the molecule is CCOC(=O)c1cnc2n(c1=O)-c1ccccc1OC2. The van der Waals surface area contributed by atoms with Crippen LogP contribution in [0.25, 0.3) is 5.69 Å². The molecule has 1 aliphatic rings. The van der Waals surface area contributed by atoms with Crippen molar-refractivity contribution in [1.82, 2.24) is 9.55 Å². The number of aromatic nitrogens is 2. The molecule has 0 saturated carbocycles. The molecule has 20 heavy (non-hydrogen) atoms. The highest BCUT2D eigenvalue weighted by Crippen LogP contribution is 2.26. The summed E-state index contributed by atoms with van der Waals surface area (Å²) in [5.41, 5.74) is 0.0638. The Morgan fingerprint density at radius 1 is 1.45 bits per heavy atom. The number of fused-ring (bicyclic) bond motifs is 3. The molecule has 6 heteroatoms. The third-order valence-corrected chi connectivity index (χ3v) is 2.99. The van der Waals surface area contributed by atoms with Gasteiger partial charge in [-0.2, -0.15) is 0 Å². The quantitative estimate of drug-likeness (QED) is 0.771. The summed E-state index contributed by atoms with van der Waals surface area (Å²) in [5, 5.41) is 0. The standard InChI is InChI=1S/C14H12N2O4/c1-2-19-14(18)9-7-15-12-8-20-11-6-4-3-5-10(11)16(12)13(9)17/h3-7H,2,8H2,1H3. The van der Waals surface area contributed by atoms with E-state index in [-0.39, 0.29) is 18.8 Å². The highest BCUT2D eigenvalue weighted by molar-refractivity contribution is 5.88. The average Bonchev–Trinajstić information content (AvgIpc) is 2.47. The zero-order valence-electron chi connectivity index (χ0n) is 10.8. The van der Waals surface area contributed by atoms with Crippen molar-refractivity contribution in [2.24, 2.45) is 0 Å². The number of nitrogens with zero attached hydrogens (tertiary/aromatic N) is 2. The van der Waals surface area contributed by atoms with Crippen LogP contribution in [0.1, 0.15) is 23.1 Å². The molecule has 0 spiro atoms. The average molecular weight is 272 g/mol. The maximum Gasteiger partial charge on any atom is 0.345 e. The number of hydrogen-bond donors (Lipinski definition) is 0. The van der Waals surface area contributed by atoms with Gasteiger partial charge in [-0.15, -0.1) is 0 Å². The number of para-hydroxylation sites is 2. The van der Waals surface area contributed by atoms with Crippen LogP contribution in [-0.2, 0) is 11.3 Å². The molecule has 0 aliphatic carbocycles. The second kappa shape index (κ2) is 4.80. The molecule has 1 aliphatic heterocycles. The van der Waals surface area contributed by atoms with Crippen LogP contribution < -0.4 is 10.3 Å². The lowest BCUT2D eigenvalue weighted by Gasteiger charge is -2.21. The summed E-state index contributed by atoms with van der Waals surface area (Å²) in [6.07, 6.45) is 1.24. The number of hydrogen-bond acceptors (Lipinski definition) is 5. The van der Waals surface area contributed by atoms with Crippen LogP contribution >= 0.6 is 0 Å². The van der Waals surface area contributed by atoms with Crippen LogP contribution in [0.2, 0.25) is 0 Å². The van der Waals surface area contributed by atoms with Gasteiger partial charge in [-0.3, -0.25) is 9.36 Å². The molecule has 0 unspecified atom stereocenters. The first kappa shape index (κ1) is 12.4. The molecule has 0 atom stereocenters. The molecule has 6 nitrogen and oxygen atoms in total. The minimum Gasteiger partial charge on any atom is -0.483 e. The van der Waals surface area contributed by atoms with E-state index in [1.165, 1.54) is 10.8 Å². The molecule has 0 bridgehead atoms. The number of esters is 1. The van der Waals surface area contributed by atoms with Gasteiger partial charge in [0.05, 0.1) is 12.3 Å². The highest BCUT2D eigenvalue weighted by Gasteiger charge is 2.23. The van der Waals surface area contributed by atoms with E-state index in [2.05, 4.69) is 4.98 Å². The Bertz CT molecular complexity index is 736. The normalized spacial score (nSPS) is 12.1. The van der Waals surface area contributed by atoms with Gasteiger partial charge in [-0.05, 0) is 19.1 Å². The topological polar surface area (TPSA) is 70.4 Å². The first-order chi connectivity index (χ1) is 9.72. The summed E-state index contributed by atoms with van der Waals surface area (Å²) < 4.78 is 11.8. The van der Waals surface area contributed by atoms with E-state index in [1.54, 1.807) is 25.1 Å². The van der Waals surface area contributed by atoms with Gasteiger partial charge in [0.25, 0.3) is 5.56 Å². The summed E-state index contributed by atoms with van der Waals surface area (Å²) in [4.78, 5) is 28.3. The van der Waals surface area contributed by atoms with E-state index < -0.39 is 11.5 Å². The molecule has 102 valence electrons. The predicted molar refractivity (Wildman–Crippen MR) is 70.1 cm³/mol. The molecule has 0 N–H and O–H groups in total. The summed E-state index contributed by atoms with van der Waals surface area (Å²) in [7, 11) is 0. The van der Waals surface area contributed by atoms with Crippen LogP contribution in [0.5, 0.6) is 5.75 Å². The molecular weight excluding hydrogens is 260 g/mol. The first-order valence-corrected chi connectivity index (χ1v) is 6.22. The number of ether oxygens (including phenoxy) is 2. The fourth-order valence-corrected chi connectivity index (χ4v) is 2.10. The minimum absolute atomic E-state index is 0.0766. The van der Waals surface area contributed by atoms with Gasteiger partial charge in [-0.1, -0.05) is 12.1 Å². The van der Waals surface area contributed by atoms with Crippen molar-refractivity contribution in [3.63, 3.8) is 0 Å². The van der Waals surface area contributed by atoms with Crippen LogP contribution in [0, 0.1) is 0 Å². The van der Waals surface area contributed by atoms with Crippen LogP contribution in [0.15, 0.2) is 35.3 Å². The van der Waals surface area contributed by atoms with E-state index in [1.807, 2.05) is 6.07 Å². The van der Waals surface area contributed by atoms with Gasteiger partial charge in [0.2, 0.25) is 0 Å². The fourth-order valence-electron chi connectivity index (χ4n) is 2.10.